The minimum atomic E-state index is -0.912. The lowest BCUT2D eigenvalue weighted by molar-refractivity contribution is -0.147. The second kappa shape index (κ2) is 7.47. The van der Waals surface area contributed by atoms with Crippen molar-refractivity contribution in [2.45, 2.75) is 46.1 Å². The Balaban J connectivity index is 2.06. The summed E-state index contributed by atoms with van der Waals surface area (Å²) in [7, 11) is 1.29. The van der Waals surface area contributed by atoms with E-state index in [9.17, 15) is 14.4 Å². The van der Waals surface area contributed by atoms with Gasteiger partial charge in [0.25, 0.3) is 0 Å². The molecule has 1 N–H and O–H groups in total. The Morgan fingerprint density at radius 1 is 1.33 bits per heavy atom. The third-order valence-electron chi connectivity index (χ3n) is 4.29. The highest BCUT2D eigenvalue weighted by Crippen LogP contribution is 2.23. The average Bonchev–Trinajstić information content (AvgIpc) is 3.13. The van der Waals surface area contributed by atoms with Crippen LogP contribution in [-0.4, -0.2) is 35.9 Å². The van der Waals surface area contributed by atoms with E-state index in [1.54, 1.807) is 13.8 Å². The lowest BCUT2D eigenvalue weighted by Gasteiger charge is -2.14. The summed E-state index contributed by atoms with van der Waals surface area (Å²) < 4.78 is 9.99. The molecule has 1 heterocycles. The number of methoxy groups -OCH3 is 1. The Hall–Kier alpha value is -2.37. The largest absolute Gasteiger partial charge is 0.465 e. The van der Waals surface area contributed by atoms with Gasteiger partial charge in [-0.1, -0.05) is 12.2 Å². The van der Waals surface area contributed by atoms with Crippen molar-refractivity contribution in [1.82, 2.24) is 4.98 Å². The molecule has 0 spiro atoms. The normalized spacial score (nSPS) is 17.6. The molecule has 0 fully saturated rings. The molecule has 1 aromatic rings. The van der Waals surface area contributed by atoms with Gasteiger partial charge in [0.2, 0.25) is 5.78 Å². The highest BCUT2D eigenvalue weighted by molar-refractivity contribution is 6.03. The third-order valence-corrected chi connectivity index (χ3v) is 4.29. The highest BCUT2D eigenvalue weighted by atomic mass is 16.5. The fourth-order valence-corrected chi connectivity index (χ4v) is 2.99. The molecular weight excluding hydrogens is 310 g/mol. The Morgan fingerprint density at radius 3 is 2.62 bits per heavy atom. The molecule has 0 amide bonds. The number of carbonyl (C=O) groups excluding carboxylic acids is 3. The number of esters is 2. The maximum absolute atomic E-state index is 12.5. The van der Waals surface area contributed by atoms with E-state index in [4.69, 9.17) is 9.47 Å². The number of aromatic amines is 1. The van der Waals surface area contributed by atoms with Crippen LogP contribution in [0.15, 0.2) is 12.2 Å². The fraction of sp³-hybridized carbons (Fsp3) is 0.500. The first-order valence-corrected chi connectivity index (χ1v) is 8.03. The molecule has 130 valence electrons. The first-order valence-electron chi connectivity index (χ1n) is 8.03. The van der Waals surface area contributed by atoms with Gasteiger partial charge in [0.1, 0.15) is 0 Å². The third kappa shape index (κ3) is 3.75. The number of ether oxygens (including phenoxy) is 2. The number of aryl methyl sites for hydroxylation is 1. The van der Waals surface area contributed by atoms with E-state index < -0.39 is 12.1 Å². The van der Waals surface area contributed by atoms with E-state index >= 15 is 0 Å². The summed E-state index contributed by atoms with van der Waals surface area (Å²) in [5.74, 6) is -1.05. The monoisotopic (exact) mass is 333 g/mol. The van der Waals surface area contributed by atoms with E-state index in [-0.39, 0.29) is 29.8 Å². The molecule has 6 heteroatoms. The van der Waals surface area contributed by atoms with Crippen LogP contribution in [0.5, 0.6) is 0 Å². The van der Waals surface area contributed by atoms with Crippen molar-refractivity contribution in [3.05, 3.63) is 34.7 Å². The van der Waals surface area contributed by atoms with E-state index in [2.05, 4.69) is 4.98 Å². The van der Waals surface area contributed by atoms with Crippen LogP contribution < -0.4 is 0 Å². The summed E-state index contributed by atoms with van der Waals surface area (Å²) in [5.41, 5.74) is 1.67. The number of nitrogens with one attached hydrogen (secondary N) is 1. The number of Topliss-reactive ketones (excluding diaryl/α,β-unsaturated/α-hetero) is 1. The van der Waals surface area contributed by atoms with E-state index in [1.807, 2.05) is 12.2 Å². The Bertz CT molecular complexity index is 686. The van der Waals surface area contributed by atoms with Gasteiger partial charge in [0, 0.05) is 5.69 Å². The average molecular weight is 333 g/mol. The molecule has 0 bridgehead atoms. The SMILES string of the molecule is COC(=O)c1c(C)[nH]c(C(=O)[C@@H](C)OC(=O)C[C@H]2C=CCC2)c1C. The van der Waals surface area contributed by atoms with Crippen LogP contribution >= 0.6 is 0 Å². The Kier molecular flexibility index (Phi) is 5.59. The molecule has 6 nitrogen and oxygen atoms in total. The number of aromatic nitrogens is 1. The Labute approximate surface area is 141 Å². The summed E-state index contributed by atoms with van der Waals surface area (Å²) in [4.78, 5) is 39.2. The molecule has 0 aromatic carbocycles. The van der Waals surface area contributed by atoms with Crippen molar-refractivity contribution in [1.29, 1.82) is 0 Å². The predicted octanol–water partition coefficient (Wildman–Crippen LogP) is 2.89. The molecule has 2 atom stereocenters. The van der Waals surface area contributed by atoms with Gasteiger partial charge >= 0.3 is 11.9 Å². The molecule has 1 aromatic heterocycles. The van der Waals surface area contributed by atoms with Crippen LogP contribution in [0.2, 0.25) is 0 Å². The van der Waals surface area contributed by atoms with Gasteiger partial charge in [0.05, 0.1) is 24.8 Å². The van der Waals surface area contributed by atoms with Crippen molar-refractivity contribution in [2.75, 3.05) is 7.11 Å². The van der Waals surface area contributed by atoms with Crippen molar-refractivity contribution >= 4 is 17.7 Å². The molecule has 0 saturated heterocycles. The standard InChI is InChI=1S/C18H23NO5/c1-10-15(18(22)23-4)11(2)19-16(10)17(21)12(3)24-14(20)9-13-7-5-6-8-13/h5,7,12-13,19H,6,8-9H2,1-4H3/t12-,13+/m1/s1. The van der Waals surface area contributed by atoms with Gasteiger partial charge in [-0.25, -0.2) is 4.79 Å². The van der Waals surface area contributed by atoms with E-state index in [0.29, 0.717) is 16.8 Å². The zero-order valence-corrected chi connectivity index (χ0v) is 14.5. The van der Waals surface area contributed by atoms with Crippen molar-refractivity contribution in [3.8, 4) is 0 Å². The first-order chi connectivity index (χ1) is 11.3. The molecular formula is C18H23NO5. The fourth-order valence-electron chi connectivity index (χ4n) is 2.99. The maximum atomic E-state index is 12.5. The van der Waals surface area contributed by atoms with Crippen molar-refractivity contribution < 1.29 is 23.9 Å². The molecule has 0 unspecified atom stereocenters. The second-order valence-corrected chi connectivity index (χ2v) is 6.08. The van der Waals surface area contributed by atoms with Gasteiger partial charge in [-0.05, 0) is 45.1 Å². The molecule has 24 heavy (non-hydrogen) atoms. The zero-order valence-electron chi connectivity index (χ0n) is 14.5. The second-order valence-electron chi connectivity index (χ2n) is 6.08. The maximum Gasteiger partial charge on any atom is 0.339 e. The molecule has 2 rings (SSSR count). The van der Waals surface area contributed by atoms with Gasteiger partial charge in [-0.2, -0.15) is 0 Å². The first kappa shape index (κ1) is 18.0. The number of ketones is 1. The molecule has 0 aliphatic heterocycles. The number of hydrogen-bond acceptors (Lipinski definition) is 5. The van der Waals surface area contributed by atoms with E-state index in [1.165, 1.54) is 14.0 Å². The summed E-state index contributed by atoms with van der Waals surface area (Å²) in [6.07, 6.45) is 5.34. The molecule has 0 radical (unpaired) electrons. The lowest BCUT2D eigenvalue weighted by Crippen LogP contribution is -2.26. The van der Waals surface area contributed by atoms with Crippen LogP contribution in [0.4, 0.5) is 0 Å². The summed E-state index contributed by atoms with van der Waals surface area (Å²) in [6.45, 7) is 4.90. The number of rotatable bonds is 6. The van der Waals surface area contributed by atoms with Gasteiger partial charge in [-0.3, -0.25) is 9.59 Å². The van der Waals surface area contributed by atoms with Crippen LogP contribution in [0.3, 0.4) is 0 Å². The molecule has 0 saturated carbocycles. The summed E-state index contributed by atoms with van der Waals surface area (Å²) >= 11 is 0. The molecule has 1 aliphatic rings. The van der Waals surface area contributed by atoms with Crippen molar-refractivity contribution in [3.63, 3.8) is 0 Å². The zero-order chi connectivity index (χ0) is 17.9. The van der Waals surface area contributed by atoms with Gasteiger partial charge in [0.15, 0.2) is 6.10 Å². The number of hydrogen-bond donors (Lipinski definition) is 1. The van der Waals surface area contributed by atoms with Crippen molar-refractivity contribution in [2.24, 2.45) is 5.92 Å². The van der Waals surface area contributed by atoms with Crippen LogP contribution in [-0.2, 0) is 14.3 Å². The number of H-pyrrole nitrogens is 1. The minimum Gasteiger partial charge on any atom is -0.465 e. The van der Waals surface area contributed by atoms with E-state index in [0.717, 1.165) is 12.8 Å². The Morgan fingerprint density at radius 2 is 2.04 bits per heavy atom. The van der Waals surface area contributed by atoms with Gasteiger partial charge in [-0.15, -0.1) is 0 Å². The smallest absolute Gasteiger partial charge is 0.339 e. The summed E-state index contributed by atoms with van der Waals surface area (Å²) in [5, 5.41) is 0. The van der Waals surface area contributed by atoms with Crippen LogP contribution in [0.1, 0.15) is 58.3 Å². The predicted molar refractivity (Wildman–Crippen MR) is 88.0 cm³/mol. The van der Waals surface area contributed by atoms with Crippen LogP contribution in [0, 0.1) is 19.8 Å². The summed E-state index contributed by atoms with van der Waals surface area (Å²) in [6, 6.07) is 0. The topological polar surface area (TPSA) is 85.5 Å². The highest BCUT2D eigenvalue weighted by Gasteiger charge is 2.27. The minimum absolute atomic E-state index is 0.195. The number of allylic oxidation sites excluding steroid dienone is 2. The van der Waals surface area contributed by atoms with Gasteiger partial charge < -0.3 is 14.5 Å². The number of carbonyl (C=O) groups is 3. The quantitative estimate of drug-likeness (QED) is 0.491. The molecule has 1 aliphatic carbocycles. The van der Waals surface area contributed by atoms with Crippen LogP contribution in [0.25, 0.3) is 0 Å². The lowest BCUT2D eigenvalue weighted by atomic mass is 10.0.